The van der Waals surface area contributed by atoms with Gasteiger partial charge in [-0.3, -0.25) is 4.79 Å². The molecule has 100 valence electrons. The summed E-state index contributed by atoms with van der Waals surface area (Å²) in [5.41, 5.74) is 0.829. The van der Waals surface area contributed by atoms with Crippen LogP contribution in [0.4, 0.5) is 0 Å². The summed E-state index contributed by atoms with van der Waals surface area (Å²) in [4.78, 5) is 10.4. The average Bonchev–Trinajstić information content (AvgIpc) is 2.21. The molecule has 0 heterocycles. The molecule has 0 aromatic carbocycles. The molecule has 0 bridgehead atoms. The Labute approximate surface area is 108 Å². The Hall–Kier alpha value is -0.413. The van der Waals surface area contributed by atoms with Gasteiger partial charge in [0.2, 0.25) is 0 Å². The van der Waals surface area contributed by atoms with Crippen molar-refractivity contribution in [3.05, 3.63) is 11.6 Å². The lowest BCUT2D eigenvalue weighted by Gasteiger charge is -2.36. The maximum Gasteiger partial charge on any atom is 0.191 e. The summed E-state index contributed by atoms with van der Waals surface area (Å²) in [5, 5.41) is 0.293. The van der Waals surface area contributed by atoms with Gasteiger partial charge >= 0.3 is 0 Å². The smallest absolute Gasteiger partial charge is 0.191 e. The number of hydrogen-bond donors (Lipinski definition) is 0. The van der Waals surface area contributed by atoms with E-state index in [-0.39, 0.29) is 0 Å². The maximum absolute atomic E-state index is 10.4. The second-order valence-corrected chi connectivity index (χ2v) is 11.0. The van der Waals surface area contributed by atoms with Crippen LogP contribution in [-0.4, -0.2) is 21.2 Å². The van der Waals surface area contributed by atoms with E-state index in [0.717, 1.165) is 37.7 Å². The Morgan fingerprint density at radius 2 is 1.82 bits per heavy atom. The van der Waals surface area contributed by atoms with E-state index in [4.69, 9.17) is 4.43 Å². The van der Waals surface area contributed by atoms with Crippen LogP contribution in [0.3, 0.4) is 0 Å². The fraction of sp³-hybridized carbons (Fsp3) is 0.786. The standard InChI is InChI=1S/C14H28O2Si/c1-13(12-15)10-8-7-9-11-16-17(5,6)14(2,3)4/h10,12H,7-9,11H2,1-6H3. The number of hydrogen-bond acceptors (Lipinski definition) is 2. The topological polar surface area (TPSA) is 26.3 Å². The zero-order valence-corrected chi connectivity index (χ0v) is 13.3. The molecule has 17 heavy (non-hydrogen) atoms. The molecule has 0 rings (SSSR count). The molecule has 0 saturated carbocycles. The highest BCUT2D eigenvalue weighted by molar-refractivity contribution is 6.74. The van der Waals surface area contributed by atoms with E-state index in [9.17, 15) is 4.79 Å². The van der Waals surface area contributed by atoms with Crippen molar-refractivity contribution in [1.29, 1.82) is 0 Å². The number of unbranched alkanes of at least 4 members (excludes halogenated alkanes) is 2. The molecule has 0 aliphatic heterocycles. The lowest BCUT2D eigenvalue weighted by atomic mass is 10.2. The summed E-state index contributed by atoms with van der Waals surface area (Å²) in [6.45, 7) is 14.0. The lowest BCUT2D eigenvalue weighted by Crippen LogP contribution is -2.40. The summed E-state index contributed by atoms with van der Waals surface area (Å²) in [7, 11) is -1.57. The van der Waals surface area contributed by atoms with Gasteiger partial charge in [0.05, 0.1) is 0 Å². The van der Waals surface area contributed by atoms with Gasteiger partial charge in [-0.25, -0.2) is 0 Å². The van der Waals surface area contributed by atoms with Crippen molar-refractivity contribution >= 4 is 14.6 Å². The van der Waals surface area contributed by atoms with Crippen LogP contribution in [0.5, 0.6) is 0 Å². The monoisotopic (exact) mass is 256 g/mol. The minimum Gasteiger partial charge on any atom is -0.417 e. The third-order valence-electron chi connectivity index (χ3n) is 3.52. The van der Waals surface area contributed by atoms with Crippen molar-refractivity contribution in [2.24, 2.45) is 0 Å². The zero-order valence-electron chi connectivity index (χ0n) is 12.3. The lowest BCUT2D eigenvalue weighted by molar-refractivity contribution is -0.104. The molecule has 0 spiro atoms. The van der Waals surface area contributed by atoms with Crippen LogP contribution in [0, 0.1) is 0 Å². The van der Waals surface area contributed by atoms with Gasteiger partial charge in [0.25, 0.3) is 0 Å². The molecule has 0 amide bonds. The quantitative estimate of drug-likeness (QED) is 0.293. The van der Waals surface area contributed by atoms with E-state index < -0.39 is 8.32 Å². The van der Waals surface area contributed by atoms with Crippen LogP contribution in [0.2, 0.25) is 18.1 Å². The van der Waals surface area contributed by atoms with Gasteiger partial charge in [-0.1, -0.05) is 26.8 Å². The van der Waals surface area contributed by atoms with Gasteiger partial charge in [-0.15, -0.1) is 0 Å². The van der Waals surface area contributed by atoms with E-state index in [1.807, 2.05) is 13.0 Å². The fourth-order valence-electron chi connectivity index (χ4n) is 1.17. The number of rotatable bonds is 7. The predicted octanol–water partition coefficient (Wildman–Crippen LogP) is 4.32. The van der Waals surface area contributed by atoms with Crippen molar-refractivity contribution in [3.63, 3.8) is 0 Å². The predicted molar refractivity (Wildman–Crippen MR) is 76.8 cm³/mol. The number of carbonyl (C=O) groups excluding carboxylic acids is 1. The minimum absolute atomic E-state index is 0.293. The highest BCUT2D eigenvalue weighted by Gasteiger charge is 2.36. The molecule has 0 radical (unpaired) electrons. The van der Waals surface area contributed by atoms with Crippen LogP contribution in [0.15, 0.2) is 11.6 Å². The van der Waals surface area contributed by atoms with Crippen molar-refractivity contribution < 1.29 is 9.22 Å². The first-order chi connectivity index (χ1) is 7.70. The first-order valence-corrected chi connectivity index (χ1v) is 9.37. The highest BCUT2D eigenvalue weighted by atomic mass is 28.4. The summed E-state index contributed by atoms with van der Waals surface area (Å²) >= 11 is 0. The van der Waals surface area contributed by atoms with Gasteiger partial charge < -0.3 is 4.43 Å². The van der Waals surface area contributed by atoms with Crippen LogP contribution in [-0.2, 0) is 9.22 Å². The van der Waals surface area contributed by atoms with Gasteiger partial charge in [-0.2, -0.15) is 0 Å². The summed E-state index contributed by atoms with van der Waals surface area (Å²) in [6, 6.07) is 0. The minimum atomic E-state index is -1.57. The van der Waals surface area contributed by atoms with Crippen molar-refractivity contribution in [3.8, 4) is 0 Å². The Morgan fingerprint density at radius 3 is 2.29 bits per heavy atom. The van der Waals surface area contributed by atoms with E-state index in [0.29, 0.717) is 5.04 Å². The molecule has 0 saturated heterocycles. The molecule has 0 unspecified atom stereocenters. The third-order valence-corrected chi connectivity index (χ3v) is 8.06. The third kappa shape index (κ3) is 6.79. The normalized spacial score (nSPS) is 13.9. The molecule has 0 fully saturated rings. The Balaban J connectivity index is 3.76. The SMILES string of the molecule is CC(C=O)=CCCCCO[Si](C)(C)C(C)(C)C. The highest BCUT2D eigenvalue weighted by Crippen LogP contribution is 2.36. The molecule has 0 aromatic rings. The Morgan fingerprint density at radius 1 is 1.24 bits per heavy atom. The largest absolute Gasteiger partial charge is 0.417 e. The van der Waals surface area contributed by atoms with Gasteiger partial charge in [0.15, 0.2) is 8.32 Å². The maximum atomic E-state index is 10.4. The van der Waals surface area contributed by atoms with Gasteiger partial charge in [0, 0.05) is 6.61 Å². The van der Waals surface area contributed by atoms with Crippen molar-refractivity contribution in [1.82, 2.24) is 0 Å². The van der Waals surface area contributed by atoms with Crippen LogP contribution in [0.1, 0.15) is 47.0 Å². The van der Waals surface area contributed by atoms with Gasteiger partial charge in [-0.05, 0) is 49.9 Å². The molecule has 0 N–H and O–H groups in total. The molecular weight excluding hydrogens is 228 g/mol. The van der Waals surface area contributed by atoms with E-state index >= 15 is 0 Å². The summed E-state index contributed by atoms with van der Waals surface area (Å²) in [5.74, 6) is 0. The molecule has 2 nitrogen and oxygen atoms in total. The first kappa shape index (κ1) is 16.6. The van der Waals surface area contributed by atoms with Crippen LogP contribution in [0.25, 0.3) is 0 Å². The molecule has 3 heteroatoms. The number of allylic oxidation sites excluding steroid dienone is 2. The summed E-state index contributed by atoms with van der Waals surface area (Å²) in [6.07, 6.45) is 6.06. The molecular formula is C14H28O2Si. The van der Waals surface area contributed by atoms with E-state index in [2.05, 4.69) is 33.9 Å². The fourth-order valence-corrected chi connectivity index (χ4v) is 2.26. The summed E-state index contributed by atoms with van der Waals surface area (Å²) < 4.78 is 6.08. The zero-order chi connectivity index (χ0) is 13.5. The van der Waals surface area contributed by atoms with E-state index in [1.165, 1.54) is 0 Å². The molecule has 0 aliphatic rings. The second-order valence-electron chi connectivity index (χ2n) is 6.17. The molecule has 0 aliphatic carbocycles. The van der Waals surface area contributed by atoms with Crippen LogP contribution >= 0.6 is 0 Å². The number of carbonyl (C=O) groups is 1. The first-order valence-electron chi connectivity index (χ1n) is 6.46. The van der Waals surface area contributed by atoms with E-state index in [1.54, 1.807) is 0 Å². The average molecular weight is 256 g/mol. The van der Waals surface area contributed by atoms with Crippen molar-refractivity contribution in [2.75, 3.05) is 6.61 Å². The Bertz CT molecular complexity index is 262. The Kier molecular flexibility index (Phi) is 6.94. The molecule has 0 aromatic heterocycles. The van der Waals surface area contributed by atoms with Crippen LogP contribution < -0.4 is 0 Å². The van der Waals surface area contributed by atoms with Gasteiger partial charge in [0.1, 0.15) is 6.29 Å². The second kappa shape index (κ2) is 7.12. The van der Waals surface area contributed by atoms with Crippen molar-refractivity contribution in [2.45, 2.75) is 65.1 Å². The molecule has 0 atom stereocenters. The number of aldehydes is 1.